The Hall–Kier alpha value is -1.56. The second kappa shape index (κ2) is 4.04. The third-order valence-corrected chi connectivity index (χ3v) is 6.86. The van der Waals surface area contributed by atoms with Gasteiger partial charge in [-0.15, -0.1) is 0 Å². The minimum Gasteiger partial charge on any atom is -0.0546 e. The fourth-order valence-electron chi connectivity index (χ4n) is 5.77. The average molecular weight is 286 g/mol. The largest absolute Gasteiger partial charge is 0.0546 e. The van der Waals surface area contributed by atoms with Gasteiger partial charge in [0.1, 0.15) is 0 Å². The van der Waals surface area contributed by atoms with Crippen LogP contribution >= 0.6 is 0 Å². The zero-order chi connectivity index (χ0) is 14.3. The summed E-state index contributed by atoms with van der Waals surface area (Å²) in [6, 6.07) is 10.3. The van der Waals surface area contributed by atoms with E-state index in [9.17, 15) is 0 Å². The van der Waals surface area contributed by atoms with Crippen LogP contribution in [0.2, 0.25) is 0 Å². The second-order valence-corrected chi connectivity index (χ2v) is 8.01. The molecule has 0 nitrogen and oxygen atoms in total. The first-order valence-electron chi connectivity index (χ1n) is 9.18. The molecule has 2 unspecified atom stereocenters. The van der Waals surface area contributed by atoms with Crippen molar-refractivity contribution in [2.45, 2.75) is 63.2 Å². The van der Waals surface area contributed by atoms with Crippen LogP contribution < -0.4 is 0 Å². The van der Waals surface area contributed by atoms with Gasteiger partial charge in [-0.25, -0.2) is 0 Å². The molecule has 110 valence electrons. The van der Waals surface area contributed by atoms with Gasteiger partial charge in [0.25, 0.3) is 0 Å². The van der Waals surface area contributed by atoms with Crippen molar-refractivity contribution in [1.29, 1.82) is 0 Å². The summed E-state index contributed by atoms with van der Waals surface area (Å²) >= 11 is 0. The van der Waals surface area contributed by atoms with Crippen molar-refractivity contribution in [3.8, 4) is 11.1 Å². The van der Waals surface area contributed by atoms with Crippen molar-refractivity contribution in [2.24, 2.45) is 0 Å². The summed E-state index contributed by atoms with van der Waals surface area (Å²) in [5.74, 6) is 1.77. The van der Waals surface area contributed by atoms with Gasteiger partial charge in [0, 0.05) is 0 Å². The number of benzene rings is 2. The number of fused-ring (bicyclic) bond motifs is 9. The van der Waals surface area contributed by atoms with Gasteiger partial charge in [0.05, 0.1) is 0 Å². The minimum atomic E-state index is 0.881. The fraction of sp³-hybridized carbons (Fsp3) is 0.455. The van der Waals surface area contributed by atoms with Crippen molar-refractivity contribution < 1.29 is 0 Å². The van der Waals surface area contributed by atoms with Crippen molar-refractivity contribution in [2.75, 3.05) is 0 Å². The molecular weight excluding hydrogens is 264 g/mol. The molecule has 0 amide bonds. The Balaban J connectivity index is 1.55. The highest BCUT2D eigenvalue weighted by Gasteiger charge is 2.38. The fourth-order valence-corrected chi connectivity index (χ4v) is 5.77. The minimum absolute atomic E-state index is 0.881. The molecule has 2 atom stereocenters. The smallest absolute Gasteiger partial charge is 0.00132 e. The van der Waals surface area contributed by atoms with E-state index < -0.39 is 0 Å². The summed E-state index contributed by atoms with van der Waals surface area (Å²) in [5, 5.41) is 0. The lowest BCUT2D eigenvalue weighted by Crippen LogP contribution is -2.03. The molecule has 4 aliphatic rings. The molecule has 2 bridgehead atoms. The standard InChI is InChI=1S/C22H22/c1-2-4-14-10-20-17(7-13(14)3-1)9-18-11-19-15-5-6-16(8-15)21(19)12-22(18)20/h7,10-12,15-16H,1-6,8-9H2. The lowest BCUT2D eigenvalue weighted by atomic mass is 9.86. The molecule has 0 spiro atoms. The molecule has 1 saturated carbocycles. The van der Waals surface area contributed by atoms with Crippen molar-refractivity contribution in [3.05, 3.63) is 57.6 Å². The molecule has 0 aliphatic heterocycles. The van der Waals surface area contributed by atoms with Crippen LogP contribution in [0.3, 0.4) is 0 Å². The number of rotatable bonds is 0. The van der Waals surface area contributed by atoms with Gasteiger partial charge in [0.2, 0.25) is 0 Å². The first-order chi connectivity index (χ1) is 10.9. The predicted octanol–water partition coefficient (Wildman–Crippen LogP) is 5.50. The Morgan fingerprint density at radius 2 is 1.27 bits per heavy atom. The monoisotopic (exact) mass is 286 g/mol. The maximum atomic E-state index is 2.59. The summed E-state index contributed by atoms with van der Waals surface area (Å²) in [5.41, 5.74) is 13.1. The lowest BCUT2D eigenvalue weighted by molar-refractivity contribution is 0.685. The predicted molar refractivity (Wildman–Crippen MR) is 90.7 cm³/mol. The molecule has 2 aromatic rings. The summed E-state index contributed by atoms with van der Waals surface area (Å²) in [6.07, 6.45) is 10.9. The van der Waals surface area contributed by atoms with Crippen LogP contribution in [0.4, 0.5) is 0 Å². The molecule has 0 heterocycles. The first kappa shape index (κ1) is 11.9. The van der Waals surface area contributed by atoms with E-state index in [2.05, 4.69) is 24.3 Å². The third-order valence-electron chi connectivity index (χ3n) is 6.86. The van der Waals surface area contributed by atoms with Crippen molar-refractivity contribution in [1.82, 2.24) is 0 Å². The van der Waals surface area contributed by atoms with Crippen LogP contribution in [-0.4, -0.2) is 0 Å². The zero-order valence-electron chi connectivity index (χ0n) is 13.1. The highest BCUT2D eigenvalue weighted by molar-refractivity contribution is 5.79. The normalized spacial score (nSPS) is 26.5. The highest BCUT2D eigenvalue weighted by atomic mass is 14.4. The molecule has 1 fully saturated rings. The zero-order valence-corrected chi connectivity index (χ0v) is 13.1. The maximum absolute atomic E-state index is 2.59. The van der Waals surface area contributed by atoms with Gasteiger partial charge in [0.15, 0.2) is 0 Å². The molecule has 22 heavy (non-hydrogen) atoms. The van der Waals surface area contributed by atoms with Gasteiger partial charge in [-0.2, -0.15) is 0 Å². The van der Waals surface area contributed by atoms with Crippen LogP contribution in [-0.2, 0) is 19.3 Å². The van der Waals surface area contributed by atoms with Crippen molar-refractivity contribution >= 4 is 0 Å². The Bertz CT molecular complexity index is 811. The van der Waals surface area contributed by atoms with Crippen LogP contribution in [0.25, 0.3) is 11.1 Å². The topological polar surface area (TPSA) is 0 Å². The van der Waals surface area contributed by atoms with Gasteiger partial charge in [-0.1, -0.05) is 24.3 Å². The summed E-state index contributed by atoms with van der Waals surface area (Å²) in [6.45, 7) is 0. The molecule has 6 rings (SSSR count). The van der Waals surface area contributed by atoms with E-state index >= 15 is 0 Å². The van der Waals surface area contributed by atoms with Gasteiger partial charge in [-0.3, -0.25) is 0 Å². The molecule has 0 N–H and O–H groups in total. The number of aryl methyl sites for hydroxylation is 2. The van der Waals surface area contributed by atoms with E-state index in [1.54, 1.807) is 44.5 Å². The van der Waals surface area contributed by atoms with E-state index in [1.807, 2.05) is 0 Å². The highest BCUT2D eigenvalue weighted by Crippen LogP contribution is 2.55. The number of hydrogen-bond donors (Lipinski definition) is 0. The molecule has 4 aliphatic carbocycles. The molecular formula is C22H22. The maximum Gasteiger partial charge on any atom is -0.00132 e. The van der Waals surface area contributed by atoms with Gasteiger partial charge >= 0.3 is 0 Å². The van der Waals surface area contributed by atoms with Crippen LogP contribution in [0.1, 0.15) is 77.3 Å². The van der Waals surface area contributed by atoms with Crippen LogP contribution in [0.5, 0.6) is 0 Å². The lowest BCUT2D eigenvalue weighted by Gasteiger charge is -2.18. The Morgan fingerprint density at radius 1 is 0.636 bits per heavy atom. The van der Waals surface area contributed by atoms with E-state index in [-0.39, 0.29) is 0 Å². The van der Waals surface area contributed by atoms with E-state index in [0.29, 0.717) is 0 Å². The second-order valence-electron chi connectivity index (χ2n) is 8.01. The SMILES string of the molecule is c1c2c(cc3c1Cc1cc4c(cc1-3)C1CCC4C1)CCCC2. The van der Waals surface area contributed by atoms with Crippen molar-refractivity contribution in [3.63, 3.8) is 0 Å². The average Bonchev–Trinajstić information content (AvgIpc) is 3.23. The van der Waals surface area contributed by atoms with Crippen LogP contribution in [0, 0.1) is 0 Å². The first-order valence-corrected chi connectivity index (χ1v) is 9.18. The molecule has 0 heteroatoms. The molecule has 2 aromatic carbocycles. The van der Waals surface area contributed by atoms with E-state index in [4.69, 9.17) is 0 Å². The van der Waals surface area contributed by atoms with E-state index in [0.717, 1.165) is 11.8 Å². The quantitative estimate of drug-likeness (QED) is 0.512. The Labute approximate surface area is 132 Å². The van der Waals surface area contributed by atoms with Crippen LogP contribution in [0.15, 0.2) is 24.3 Å². The Kier molecular flexibility index (Phi) is 2.19. The van der Waals surface area contributed by atoms with E-state index in [1.165, 1.54) is 51.4 Å². The molecule has 0 aromatic heterocycles. The third kappa shape index (κ3) is 1.44. The van der Waals surface area contributed by atoms with Gasteiger partial charge in [-0.05, 0) is 108 Å². The Morgan fingerprint density at radius 3 is 2.09 bits per heavy atom. The molecule has 0 saturated heterocycles. The molecule has 0 radical (unpaired) electrons. The summed E-state index contributed by atoms with van der Waals surface area (Å²) in [7, 11) is 0. The number of hydrogen-bond acceptors (Lipinski definition) is 0. The van der Waals surface area contributed by atoms with Gasteiger partial charge < -0.3 is 0 Å². The summed E-state index contributed by atoms with van der Waals surface area (Å²) < 4.78 is 0. The summed E-state index contributed by atoms with van der Waals surface area (Å²) in [4.78, 5) is 0.